The van der Waals surface area contributed by atoms with Crippen LogP contribution in [0.5, 0.6) is 5.75 Å². The maximum Gasteiger partial charge on any atom is 0.419 e. The lowest BCUT2D eigenvalue weighted by atomic mass is 10.1. The Morgan fingerprint density at radius 1 is 1.33 bits per heavy atom. The van der Waals surface area contributed by atoms with Crippen LogP contribution in [0.15, 0.2) is 18.2 Å². The highest BCUT2D eigenvalue weighted by molar-refractivity contribution is 5.77. The van der Waals surface area contributed by atoms with E-state index in [-0.39, 0.29) is 11.8 Å². The van der Waals surface area contributed by atoms with Crippen molar-refractivity contribution < 1.29 is 22.7 Å². The number of hydrogen-bond acceptors (Lipinski definition) is 3. The maximum atomic E-state index is 13.0. The van der Waals surface area contributed by atoms with Gasteiger partial charge in [-0.3, -0.25) is 4.79 Å². The number of alkyl halides is 3. The van der Waals surface area contributed by atoms with Crippen LogP contribution in [0.1, 0.15) is 25.0 Å². The zero-order valence-corrected chi connectivity index (χ0v) is 12.2. The first-order valence-corrected chi connectivity index (χ1v) is 6.51. The molecule has 1 aromatic rings. The van der Waals surface area contributed by atoms with Crippen molar-refractivity contribution in [2.45, 2.75) is 32.6 Å². The maximum absolute atomic E-state index is 13.0. The summed E-state index contributed by atoms with van der Waals surface area (Å²) < 4.78 is 44.0. The van der Waals surface area contributed by atoms with Gasteiger partial charge in [0.2, 0.25) is 0 Å². The predicted octanol–water partition coefficient (Wildman–Crippen LogP) is 2.33. The van der Waals surface area contributed by atoms with E-state index in [1.165, 1.54) is 12.1 Å². The molecular weight excluding hydrogens is 285 g/mol. The molecule has 0 spiro atoms. The lowest BCUT2D eigenvalue weighted by Gasteiger charge is -2.16. The standard InChI is InChI=1S/C14H19F3N2O2/c1-9(2)19-13(20)8-21-12-5-4-10(7-18-3)6-11(12)14(15,16)17/h4-6,9,18H,7-8H2,1-3H3,(H,19,20). The molecule has 0 fully saturated rings. The number of ether oxygens (including phenoxy) is 1. The third kappa shape index (κ3) is 5.63. The fourth-order valence-electron chi connectivity index (χ4n) is 1.75. The quantitative estimate of drug-likeness (QED) is 0.848. The molecule has 0 atom stereocenters. The van der Waals surface area contributed by atoms with E-state index in [9.17, 15) is 18.0 Å². The summed E-state index contributed by atoms with van der Waals surface area (Å²) in [7, 11) is 1.65. The zero-order valence-electron chi connectivity index (χ0n) is 12.2. The number of carbonyl (C=O) groups excluding carboxylic acids is 1. The summed E-state index contributed by atoms with van der Waals surface area (Å²) >= 11 is 0. The first-order chi connectivity index (χ1) is 9.74. The summed E-state index contributed by atoms with van der Waals surface area (Å²) in [6.45, 7) is 3.38. The van der Waals surface area contributed by atoms with Crippen molar-refractivity contribution in [3.63, 3.8) is 0 Å². The molecule has 0 saturated carbocycles. The van der Waals surface area contributed by atoms with Gasteiger partial charge in [-0.05, 0) is 38.6 Å². The van der Waals surface area contributed by atoms with Crippen molar-refractivity contribution in [2.75, 3.05) is 13.7 Å². The van der Waals surface area contributed by atoms with E-state index >= 15 is 0 Å². The minimum Gasteiger partial charge on any atom is -0.483 e. The van der Waals surface area contributed by atoms with Crippen LogP contribution in [-0.4, -0.2) is 25.6 Å². The lowest BCUT2D eigenvalue weighted by molar-refractivity contribution is -0.139. The highest BCUT2D eigenvalue weighted by atomic mass is 19.4. The van der Waals surface area contributed by atoms with Gasteiger partial charge in [0.05, 0.1) is 5.56 Å². The van der Waals surface area contributed by atoms with Crippen LogP contribution in [0.3, 0.4) is 0 Å². The number of benzene rings is 1. The van der Waals surface area contributed by atoms with Crippen molar-refractivity contribution in [3.05, 3.63) is 29.3 Å². The van der Waals surface area contributed by atoms with Crippen LogP contribution >= 0.6 is 0 Å². The second kappa shape index (κ2) is 7.31. The summed E-state index contributed by atoms with van der Waals surface area (Å²) in [4.78, 5) is 11.4. The summed E-state index contributed by atoms with van der Waals surface area (Å²) in [6, 6.07) is 3.69. The minimum absolute atomic E-state index is 0.0961. The van der Waals surface area contributed by atoms with Crippen LogP contribution in [-0.2, 0) is 17.5 Å². The van der Waals surface area contributed by atoms with Gasteiger partial charge in [0.15, 0.2) is 6.61 Å². The Kier molecular flexibility index (Phi) is 6.02. The van der Waals surface area contributed by atoms with E-state index < -0.39 is 24.3 Å². The first kappa shape index (κ1) is 17.3. The summed E-state index contributed by atoms with van der Waals surface area (Å²) in [6.07, 6.45) is -4.53. The molecule has 0 saturated heterocycles. The van der Waals surface area contributed by atoms with Crippen LogP contribution in [0.25, 0.3) is 0 Å². The molecule has 1 amide bonds. The monoisotopic (exact) mass is 304 g/mol. The van der Waals surface area contributed by atoms with Gasteiger partial charge >= 0.3 is 6.18 Å². The molecule has 7 heteroatoms. The Bertz CT molecular complexity index is 488. The van der Waals surface area contributed by atoms with Gasteiger partial charge in [-0.25, -0.2) is 0 Å². The smallest absolute Gasteiger partial charge is 0.419 e. The largest absolute Gasteiger partial charge is 0.483 e. The predicted molar refractivity (Wildman–Crippen MR) is 73.0 cm³/mol. The van der Waals surface area contributed by atoms with Gasteiger partial charge in [0.1, 0.15) is 5.75 Å². The molecule has 0 heterocycles. The zero-order chi connectivity index (χ0) is 16.0. The van der Waals surface area contributed by atoms with Crippen molar-refractivity contribution in [2.24, 2.45) is 0 Å². The highest BCUT2D eigenvalue weighted by Crippen LogP contribution is 2.36. The van der Waals surface area contributed by atoms with Crippen molar-refractivity contribution in [1.29, 1.82) is 0 Å². The molecule has 0 aliphatic carbocycles. The fraction of sp³-hybridized carbons (Fsp3) is 0.500. The molecular formula is C14H19F3N2O2. The summed E-state index contributed by atoms with van der Waals surface area (Å²) in [5.41, 5.74) is -0.392. The Labute approximate surface area is 121 Å². The molecule has 0 aliphatic rings. The number of hydrogen-bond donors (Lipinski definition) is 2. The van der Waals surface area contributed by atoms with Gasteiger partial charge in [-0.2, -0.15) is 13.2 Å². The van der Waals surface area contributed by atoms with E-state index in [0.29, 0.717) is 12.1 Å². The van der Waals surface area contributed by atoms with Crippen molar-refractivity contribution in [3.8, 4) is 5.75 Å². The van der Waals surface area contributed by atoms with Crippen LogP contribution in [0.4, 0.5) is 13.2 Å². The molecule has 0 radical (unpaired) electrons. The summed E-state index contributed by atoms with van der Waals surface area (Å²) in [5.74, 6) is -0.807. The summed E-state index contributed by atoms with van der Waals surface area (Å²) in [5, 5.41) is 5.33. The number of nitrogens with one attached hydrogen (secondary N) is 2. The van der Waals surface area contributed by atoms with Crippen LogP contribution in [0.2, 0.25) is 0 Å². The lowest BCUT2D eigenvalue weighted by Crippen LogP contribution is -2.34. The average molecular weight is 304 g/mol. The van der Waals surface area contributed by atoms with Gasteiger partial charge in [0.25, 0.3) is 5.91 Å². The minimum atomic E-state index is -4.53. The SMILES string of the molecule is CNCc1ccc(OCC(=O)NC(C)C)c(C(F)(F)F)c1. The van der Waals surface area contributed by atoms with Crippen molar-refractivity contribution in [1.82, 2.24) is 10.6 Å². The average Bonchev–Trinajstić information content (AvgIpc) is 2.35. The van der Waals surface area contributed by atoms with E-state index in [2.05, 4.69) is 10.6 Å². The fourth-order valence-corrected chi connectivity index (χ4v) is 1.75. The number of amides is 1. The molecule has 1 rings (SSSR count). The second-order valence-electron chi connectivity index (χ2n) is 4.87. The molecule has 0 aromatic heterocycles. The molecule has 4 nitrogen and oxygen atoms in total. The number of rotatable bonds is 6. The van der Waals surface area contributed by atoms with E-state index in [1.807, 2.05) is 0 Å². The molecule has 1 aromatic carbocycles. The molecule has 0 bridgehead atoms. The van der Waals surface area contributed by atoms with Gasteiger partial charge in [-0.1, -0.05) is 6.07 Å². The van der Waals surface area contributed by atoms with Gasteiger partial charge < -0.3 is 15.4 Å². The highest BCUT2D eigenvalue weighted by Gasteiger charge is 2.34. The van der Waals surface area contributed by atoms with E-state index in [1.54, 1.807) is 20.9 Å². The van der Waals surface area contributed by atoms with Gasteiger partial charge in [0, 0.05) is 12.6 Å². The third-order valence-electron chi connectivity index (χ3n) is 2.54. The third-order valence-corrected chi connectivity index (χ3v) is 2.54. The Balaban J connectivity index is 2.88. The number of halogens is 3. The second-order valence-corrected chi connectivity index (χ2v) is 4.87. The molecule has 21 heavy (non-hydrogen) atoms. The molecule has 118 valence electrons. The normalized spacial score (nSPS) is 11.6. The Morgan fingerprint density at radius 3 is 2.52 bits per heavy atom. The van der Waals surface area contributed by atoms with Crippen LogP contribution < -0.4 is 15.4 Å². The van der Waals surface area contributed by atoms with Crippen LogP contribution in [0, 0.1) is 0 Å². The van der Waals surface area contributed by atoms with Crippen molar-refractivity contribution >= 4 is 5.91 Å². The topological polar surface area (TPSA) is 50.4 Å². The molecule has 0 aliphatic heterocycles. The van der Waals surface area contributed by atoms with Gasteiger partial charge in [-0.15, -0.1) is 0 Å². The molecule has 0 unspecified atom stereocenters. The van der Waals surface area contributed by atoms with E-state index in [0.717, 1.165) is 6.07 Å². The Hall–Kier alpha value is -1.76. The Morgan fingerprint density at radius 2 is 2.00 bits per heavy atom. The first-order valence-electron chi connectivity index (χ1n) is 6.51. The number of carbonyl (C=O) groups is 1. The molecule has 2 N–H and O–H groups in total. The van der Waals surface area contributed by atoms with E-state index in [4.69, 9.17) is 4.74 Å².